The molecule has 2 aromatic carbocycles. The maximum Gasteiger partial charge on any atom is 0.118 e. The van der Waals surface area contributed by atoms with Crippen molar-refractivity contribution < 1.29 is 9.84 Å². The van der Waals surface area contributed by atoms with Crippen molar-refractivity contribution in [3.8, 4) is 5.75 Å². The lowest BCUT2D eigenvalue weighted by atomic mass is 10.0. The van der Waals surface area contributed by atoms with E-state index in [4.69, 9.17) is 10.5 Å². The van der Waals surface area contributed by atoms with Crippen LogP contribution in [0.1, 0.15) is 17.2 Å². The fraction of sp³-hybridized carbons (Fsp3) is 0.143. The van der Waals surface area contributed by atoms with Crippen molar-refractivity contribution >= 4 is 5.69 Å². The summed E-state index contributed by atoms with van der Waals surface area (Å²) in [6, 6.07) is 14.6. The van der Waals surface area contributed by atoms with Crippen LogP contribution in [0.2, 0.25) is 0 Å². The highest BCUT2D eigenvalue weighted by atomic mass is 16.5. The minimum Gasteiger partial charge on any atom is -0.497 e. The Hall–Kier alpha value is -2.00. The second-order valence-electron chi connectivity index (χ2n) is 3.85. The summed E-state index contributed by atoms with van der Waals surface area (Å²) in [4.78, 5) is 0. The highest BCUT2D eigenvalue weighted by Gasteiger charge is 2.10. The Kier molecular flexibility index (Phi) is 3.30. The molecule has 2 aromatic rings. The predicted octanol–water partition coefficient (Wildman–Crippen LogP) is 2.36. The first-order valence-corrected chi connectivity index (χ1v) is 5.38. The average molecular weight is 229 g/mol. The lowest BCUT2D eigenvalue weighted by molar-refractivity contribution is 0.220. The molecular formula is C14H15NO2. The van der Waals surface area contributed by atoms with Crippen molar-refractivity contribution in [1.29, 1.82) is 0 Å². The zero-order valence-corrected chi connectivity index (χ0v) is 9.63. The Morgan fingerprint density at radius 1 is 1.06 bits per heavy atom. The summed E-state index contributed by atoms with van der Waals surface area (Å²) in [6.45, 7) is 0. The van der Waals surface area contributed by atoms with Gasteiger partial charge in [-0.05, 0) is 35.4 Å². The van der Waals surface area contributed by atoms with Gasteiger partial charge in [0, 0.05) is 5.69 Å². The standard InChI is InChI=1S/C14H15NO2/c1-17-13-7-5-10(6-8-13)14(16)11-3-2-4-12(15)9-11/h2-9,14,16H,15H2,1H3/t14-/m0/s1. The summed E-state index contributed by atoms with van der Waals surface area (Å²) < 4.78 is 5.07. The molecule has 0 saturated heterocycles. The number of aliphatic hydroxyl groups excluding tert-OH is 1. The van der Waals surface area contributed by atoms with Gasteiger partial charge in [-0.2, -0.15) is 0 Å². The smallest absolute Gasteiger partial charge is 0.118 e. The molecule has 3 nitrogen and oxygen atoms in total. The molecule has 88 valence electrons. The number of hydrogen-bond donors (Lipinski definition) is 2. The Balaban J connectivity index is 2.27. The summed E-state index contributed by atoms with van der Waals surface area (Å²) in [6.07, 6.45) is -0.663. The first kappa shape index (κ1) is 11.5. The molecule has 0 aliphatic rings. The number of anilines is 1. The van der Waals surface area contributed by atoms with Gasteiger partial charge in [-0.3, -0.25) is 0 Å². The van der Waals surface area contributed by atoms with Crippen molar-refractivity contribution in [2.24, 2.45) is 0 Å². The normalized spacial score (nSPS) is 12.1. The summed E-state index contributed by atoms with van der Waals surface area (Å²) >= 11 is 0. The summed E-state index contributed by atoms with van der Waals surface area (Å²) in [5.41, 5.74) is 7.94. The lowest BCUT2D eigenvalue weighted by Gasteiger charge is -2.12. The molecule has 0 aliphatic carbocycles. The molecule has 3 N–H and O–H groups in total. The second-order valence-corrected chi connectivity index (χ2v) is 3.85. The molecule has 0 unspecified atom stereocenters. The van der Waals surface area contributed by atoms with Crippen LogP contribution in [0.15, 0.2) is 48.5 Å². The molecule has 0 amide bonds. The van der Waals surface area contributed by atoms with E-state index in [1.54, 1.807) is 19.2 Å². The van der Waals surface area contributed by atoms with Gasteiger partial charge < -0.3 is 15.6 Å². The Bertz CT molecular complexity index is 494. The monoisotopic (exact) mass is 229 g/mol. The zero-order chi connectivity index (χ0) is 12.3. The van der Waals surface area contributed by atoms with Crippen LogP contribution in [0.3, 0.4) is 0 Å². The zero-order valence-electron chi connectivity index (χ0n) is 9.63. The largest absolute Gasteiger partial charge is 0.497 e. The lowest BCUT2D eigenvalue weighted by Crippen LogP contribution is -2.00. The van der Waals surface area contributed by atoms with E-state index >= 15 is 0 Å². The summed E-state index contributed by atoms with van der Waals surface area (Å²) in [5.74, 6) is 0.772. The van der Waals surface area contributed by atoms with E-state index in [0.717, 1.165) is 16.9 Å². The molecule has 0 bridgehead atoms. The van der Waals surface area contributed by atoms with Gasteiger partial charge in [-0.1, -0.05) is 24.3 Å². The molecule has 0 aliphatic heterocycles. The SMILES string of the molecule is COc1ccc([C@H](O)c2cccc(N)c2)cc1. The molecule has 3 heteroatoms. The van der Waals surface area contributed by atoms with Gasteiger partial charge in [0.2, 0.25) is 0 Å². The van der Waals surface area contributed by atoms with E-state index < -0.39 is 6.10 Å². The van der Waals surface area contributed by atoms with Crippen LogP contribution >= 0.6 is 0 Å². The van der Waals surface area contributed by atoms with Crippen LogP contribution in [0, 0.1) is 0 Å². The third kappa shape index (κ3) is 2.57. The number of rotatable bonds is 3. The number of nitrogens with two attached hydrogens (primary N) is 1. The fourth-order valence-corrected chi connectivity index (χ4v) is 1.71. The Morgan fingerprint density at radius 2 is 1.76 bits per heavy atom. The molecule has 0 fully saturated rings. The van der Waals surface area contributed by atoms with Crippen molar-refractivity contribution in [3.63, 3.8) is 0 Å². The summed E-state index contributed by atoms with van der Waals surface area (Å²) in [7, 11) is 1.61. The van der Waals surface area contributed by atoms with Gasteiger partial charge in [0.25, 0.3) is 0 Å². The van der Waals surface area contributed by atoms with Crippen molar-refractivity contribution in [3.05, 3.63) is 59.7 Å². The van der Waals surface area contributed by atoms with Crippen molar-refractivity contribution in [2.75, 3.05) is 12.8 Å². The Morgan fingerprint density at radius 3 is 2.35 bits per heavy atom. The quantitative estimate of drug-likeness (QED) is 0.794. The topological polar surface area (TPSA) is 55.5 Å². The van der Waals surface area contributed by atoms with E-state index in [0.29, 0.717) is 5.69 Å². The molecule has 0 heterocycles. The van der Waals surface area contributed by atoms with Gasteiger partial charge in [0.15, 0.2) is 0 Å². The van der Waals surface area contributed by atoms with Crippen LogP contribution < -0.4 is 10.5 Å². The molecule has 1 atom stereocenters. The van der Waals surface area contributed by atoms with Crippen LogP contribution in [0.5, 0.6) is 5.75 Å². The van der Waals surface area contributed by atoms with Gasteiger partial charge in [0.1, 0.15) is 11.9 Å². The second kappa shape index (κ2) is 4.89. The van der Waals surface area contributed by atoms with E-state index in [2.05, 4.69) is 0 Å². The number of hydrogen-bond acceptors (Lipinski definition) is 3. The number of ether oxygens (including phenoxy) is 1. The van der Waals surface area contributed by atoms with E-state index in [1.807, 2.05) is 36.4 Å². The van der Waals surface area contributed by atoms with Crippen molar-refractivity contribution in [1.82, 2.24) is 0 Å². The average Bonchev–Trinajstić information content (AvgIpc) is 2.38. The van der Waals surface area contributed by atoms with E-state index in [1.165, 1.54) is 0 Å². The van der Waals surface area contributed by atoms with E-state index in [-0.39, 0.29) is 0 Å². The van der Waals surface area contributed by atoms with Gasteiger partial charge in [-0.15, -0.1) is 0 Å². The molecule has 0 aromatic heterocycles. The molecule has 0 spiro atoms. The summed E-state index contributed by atoms with van der Waals surface area (Å²) in [5, 5.41) is 10.2. The fourth-order valence-electron chi connectivity index (χ4n) is 1.71. The third-order valence-corrected chi connectivity index (χ3v) is 2.66. The van der Waals surface area contributed by atoms with Crippen LogP contribution in [-0.2, 0) is 0 Å². The van der Waals surface area contributed by atoms with E-state index in [9.17, 15) is 5.11 Å². The number of methoxy groups -OCH3 is 1. The highest BCUT2D eigenvalue weighted by Crippen LogP contribution is 2.24. The van der Waals surface area contributed by atoms with Crippen LogP contribution in [0.4, 0.5) is 5.69 Å². The van der Waals surface area contributed by atoms with Gasteiger partial charge >= 0.3 is 0 Å². The van der Waals surface area contributed by atoms with Gasteiger partial charge in [-0.25, -0.2) is 0 Å². The molecule has 0 radical (unpaired) electrons. The maximum absolute atomic E-state index is 10.2. The van der Waals surface area contributed by atoms with Crippen LogP contribution in [0.25, 0.3) is 0 Å². The Labute approximate surface area is 100 Å². The predicted molar refractivity (Wildman–Crippen MR) is 67.9 cm³/mol. The third-order valence-electron chi connectivity index (χ3n) is 2.66. The first-order valence-electron chi connectivity index (χ1n) is 5.38. The molecular weight excluding hydrogens is 214 g/mol. The van der Waals surface area contributed by atoms with Crippen molar-refractivity contribution in [2.45, 2.75) is 6.10 Å². The number of benzene rings is 2. The maximum atomic E-state index is 10.2. The number of nitrogen functional groups attached to an aromatic ring is 1. The molecule has 0 saturated carbocycles. The molecule has 2 rings (SSSR count). The molecule has 17 heavy (non-hydrogen) atoms. The van der Waals surface area contributed by atoms with Gasteiger partial charge in [0.05, 0.1) is 7.11 Å². The first-order chi connectivity index (χ1) is 8.20. The minimum atomic E-state index is -0.663. The number of aliphatic hydroxyl groups is 1. The minimum absolute atomic E-state index is 0.648. The van der Waals surface area contributed by atoms with Crippen LogP contribution in [-0.4, -0.2) is 12.2 Å². The highest BCUT2D eigenvalue weighted by molar-refractivity contribution is 5.44.